The van der Waals surface area contributed by atoms with Gasteiger partial charge in [0.1, 0.15) is 6.04 Å². The van der Waals surface area contributed by atoms with Crippen LogP contribution in [0.25, 0.3) is 0 Å². The van der Waals surface area contributed by atoms with Gasteiger partial charge in [0.15, 0.2) is 0 Å². The second-order valence-electron chi connectivity index (χ2n) is 4.19. The van der Waals surface area contributed by atoms with E-state index in [1.54, 1.807) is 11.8 Å². The van der Waals surface area contributed by atoms with Gasteiger partial charge in [-0.1, -0.05) is 13.3 Å². The lowest BCUT2D eigenvalue weighted by atomic mass is 10.2. The number of nitrogens with one attached hydrogen (secondary N) is 1. The lowest BCUT2D eigenvalue weighted by Gasteiger charge is -2.23. The lowest BCUT2D eigenvalue weighted by molar-refractivity contribution is -0.147. The number of hydrogen-bond acceptors (Lipinski definition) is 3. The van der Waals surface area contributed by atoms with E-state index >= 15 is 0 Å². The minimum absolute atomic E-state index is 0.144. The van der Waals surface area contributed by atoms with Crippen molar-refractivity contribution in [1.82, 2.24) is 10.2 Å². The molecule has 0 aromatic carbocycles. The summed E-state index contributed by atoms with van der Waals surface area (Å²) < 4.78 is 4.97. The van der Waals surface area contributed by atoms with Crippen molar-refractivity contribution in [3.05, 3.63) is 0 Å². The quantitative estimate of drug-likeness (QED) is 0.587. The Morgan fingerprint density at radius 2 is 2.18 bits per heavy atom. The summed E-state index contributed by atoms with van der Waals surface area (Å²) in [6.07, 6.45) is 3.58. The van der Waals surface area contributed by atoms with E-state index in [-0.39, 0.29) is 12.0 Å². The van der Waals surface area contributed by atoms with Crippen molar-refractivity contribution in [2.75, 3.05) is 19.7 Å². The molecule has 17 heavy (non-hydrogen) atoms. The summed E-state index contributed by atoms with van der Waals surface area (Å²) in [7, 11) is 0. The Morgan fingerprint density at radius 1 is 1.41 bits per heavy atom. The van der Waals surface area contributed by atoms with Gasteiger partial charge in [-0.15, -0.1) is 0 Å². The number of amides is 2. The minimum atomic E-state index is -0.392. The molecule has 2 amide bonds. The number of esters is 1. The van der Waals surface area contributed by atoms with Gasteiger partial charge in [-0.2, -0.15) is 0 Å². The fourth-order valence-corrected chi connectivity index (χ4v) is 1.97. The molecule has 1 unspecified atom stereocenters. The summed E-state index contributed by atoms with van der Waals surface area (Å²) in [6.45, 7) is 5.52. The highest BCUT2D eigenvalue weighted by Crippen LogP contribution is 2.18. The Kier molecular flexibility index (Phi) is 5.80. The molecule has 5 nitrogen and oxygen atoms in total. The second-order valence-corrected chi connectivity index (χ2v) is 4.19. The number of ether oxygens (including phenoxy) is 1. The van der Waals surface area contributed by atoms with Crippen molar-refractivity contribution < 1.29 is 14.3 Å². The highest BCUT2D eigenvalue weighted by molar-refractivity contribution is 5.84. The average Bonchev–Trinajstić information content (AvgIpc) is 2.78. The Bertz CT molecular complexity index is 268. The zero-order valence-electron chi connectivity index (χ0n) is 10.7. The molecule has 0 aliphatic carbocycles. The Balaban J connectivity index is 2.44. The molecule has 1 N–H and O–H groups in total. The highest BCUT2D eigenvalue weighted by Gasteiger charge is 2.34. The predicted molar refractivity (Wildman–Crippen MR) is 64.7 cm³/mol. The van der Waals surface area contributed by atoms with Crippen LogP contribution in [0.1, 0.15) is 39.5 Å². The second kappa shape index (κ2) is 7.14. The van der Waals surface area contributed by atoms with Gasteiger partial charge in [-0.25, -0.2) is 9.59 Å². The van der Waals surface area contributed by atoms with Crippen LogP contribution in [0.2, 0.25) is 0 Å². The third kappa shape index (κ3) is 3.91. The van der Waals surface area contributed by atoms with Crippen LogP contribution in [-0.4, -0.2) is 42.6 Å². The van der Waals surface area contributed by atoms with Gasteiger partial charge >= 0.3 is 12.0 Å². The monoisotopic (exact) mass is 242 g/mol. The smallest absolute Gasteiger partial charge is 0.328 e. The van der Waals surface area contributed by atoms with Crippen LogP contribution in [0.5, 0.6) is 0 Å². The number of hydrogen-bond donors (Lipinski definition) is 1. The zero-order chi connectivity index (χ0) is 12.7. The molecule has 98 valence electrons. The first-order chi connectivity index (χ1) is 8.20. The molecule has 0 spiro atoms. The summed E-state index contributed by atoms with van der Waals surface area (Å²) in [5, 5.41) is 2.83. The normalized spacial score (nSPS) is 19.2. The lowest BCUT2D eigenvalue weighted by Crippen LogP contribution is -2.46. The Labute approximate surface area is 102 Å². The molecule has 0 bridgehead atoms. The number of rotatable bonds is 5. The predicted octanol–water partition coefficient (Wildman–Crippen LogP) is 1.52. The van der Waals surface area contributed by atoms with Crippen molar-refractivity contribution in [3.63, 3.8) is 0 Å². The van der Waals surface area contributed by atoms with E-state index in [0.29, 0.717) is 26.1 Å². The number of carbonyl (C=O) groups excluding carboxylic acids is 2. The molecule has 0 radical (unpaired) electrons. The van der Waals surface area contributed by atoms with E-state index in [4.69, 9.17) is 4.74 Å². The molecule has 5 heteroatoms. The maximum Gasteiger partial charge on any atom is 0.328 e. The van der Waals surface area contributed by atoms with Crippen LogP contribution in [-0.2, 0) is 9.53 Å². The molecular weight excluding hydrogens is 220 g/mol. The molecular formula is C12H22N2O3. The highest BCUT2D eigenvalue weighted by atomic mass is 16.5. The number of unbranched alkanes of at least 4 members (excludes halogenated alkanes) is 1. The number of nitrogens with zero attached hydrogens (tertiary/aromatic N) is 1. The molecule has 0 aromatic heterocycles. The summed E-state index contributed by atoms with van der Waals surface area (Å²) in [4.78, 5) is 25.1. The summed E-state index contributed by atoms with van der Waals surface area (Å²) in [5.41, 5.74) is 0. The number of likely N-dealkylation sites (tertiary alicyclic amines) is 1. The SMILES string of the molecule is CCCCNC(=O)N1CCCC1C(=O)OCC. The van der Waals surface area contributed by atoms with Gasteiger partial charge in [0.05, 0.1) is 6.61 Å². The van der Waals surface area contributed by atoms with Crippen LogP contribution in [0.4, 0.5) is 4.79 Å². The van der Waals surface area contributed by atoms with Gasteiger partial charge in [0.25, 0.3) is 0 Å². The Morgan fingerprint density at radius 3 is 2.82 bits per heavy atom. The molecule has 1 atom stereocenters. The van der Waals surface area contributed by atoms with Crippen LogP contribution in [0, 0.1) is 0 Å². The van der Waals surface area contributed by atoms with Gasteiger partial charge in [0.2, 0.25) is 0 Å². The molecule has 1 saturated heterocycles. The summed E-state index contributed by atoms with van der Waals surface area (Å²) >= 11 is 0. The molecule has 1 rings (SSSR count). The fourth-order valence-electron chi connectivity index (χ4n) is 1.97. The largest absolute Gasteiger partial charge is 0.464 e. The van der Waals surface area contributed by atoms with Crippen LogP contribution < -0.4 is 5.32 Å². The molecule has 1 heterocycles. The average molecular weight is 242 g/mol. The number of carbonyl (C=O) groups is 2. The fraction of sp³-hybridized carbons (Fsp3) is 0.833. The van der Waals surface area contributed by atoms with Crippen molar-refractivity contribution in [2.45, 2.75) is 45.6 Å². The van der Waals surface area contributed by atoms with Crippen LogP contribution >= 0.6 is 0 Å². The van der Waals surface area contributed by atoms with E-state index in [9.17, 15) is 9.59 Å². The van der Waals surface area contributed by atoms with Gasteiger partial charge in [-0.3, -0.25) is 0 Å². The molecule has 1 aliphatic heterocycles. The standard InChI is InChI=1S/C12H22N2O3/c1-3-5-8-13-12(16)14-9-6-7-10(14)11(15)17-4-2/h10H,3-9H2,1-2H3,(H,13,16). The van der Waals surface area contributed by atoms with E-state index in [0.717, 1.165) is 19.3 Å². The zero-order valence-corrected chi connectivity index (χ0v) is 10.7. The van der Waals surface area contributed by atoms with Crippen LogP contribution in [0.15, 0.2) is 0 Å². The van der Waals surface area contributed by atoms with E-state index in [2.05, 4.69) is 12.2 Å². The van der Waals surface area contributed by atoms with E-state index < -0.39 is 6.04 Å². The van der Waals surface area contributed by atoms with Crippen molar-refractivity contribution in [3.8, 4) is 0 Å². The van der Waals surface area contributed by atoms with Gasteiger partial charge < -0.3 is 15.0 Å². The van der Waals surface area contributed by atoms with Crippen LogP contribution in [0.3, 0.4) is 0 Å². The third-order valence-corrected chi connectivity index (χ3v) is 2.88. The third-order valence-electron chi connectivity index (χ3n) is 2.88. The van der Waals surface area contributed by atoms with E-state index in [1.165, 1.54) is 0 Å². The first kappa shape index (κ1) is 13.8. The minimum Gasteiger partial charge on any atom is -0.464 e. The summed E-state index contributed by atoms with van der Waals surface area (Å²) in [5.74, 6) is -0.282. The molecule has 1 aliphatic rings. The maximum atomic E-state index is 11.8. The van der Waals surface area contributed by atoms with Gasteiger partial charge in [0, 0.05) is 13.1 Å². The molecule has 0 aromatic rings. The van der Waals surface area contributed by atoms with Crippen molar-refractivity contribution >= 4 is 12.0 Å². The first-order valence-corrected chi connectivity index (χ1v) is 6.41. The first-order valence-electron chi connectivity index (χ1n) is 6.41. The van der Waals surface area contributed by atoms with E-state index in [1.807, 2.05) is 0 Å². The maximum absolute atomic E-state index is 11.8. The topological polar surface area (TPSA) is 58.6 Å². The number of urea groups is 1. The molecule has 1 fully saturated rings. The Hall–Kier alpha value is -1.26. The molecule has 0 saturated carbocycles. The summed E-state index contributed by atoms with van der Waals surface area (Å²) in [6, 6.07) is -0.537. The van der Waals surface area contributed by atoms with Crippen molar-refractivity contribution in [1.29, 1.82) is 0 Å². The van der Waals surface area contributed by atoms with Crippen molar-refractivity contribution in [2.24, 2.45) is 0 Å². The van der Waals surface area contributed by atoms with Gasteiger partial charge in [-0.05, 0) is 26.2 Å².